The Balaban J connectivity index is 2.16. The third-order valence-corrected chi connectivity index (χ3v) is 4.42. The van der Waals surface area contributed by atoms with Crippen molar-refractivity contribution in [2.75, 3.05) is 5.32 Å². The molecule has 0 saturated heterocycles. The van der Waals surface area contributed by atoms with Crippen molar-refractivity contribution in [3.8, 4) is 5.69 Å². The molecule has 0 aliphatic carbocycles. The minimum atomic E-state index is -0.506. The van der Waals surface area contributed by atoms with E-state index in [0.29, 0.717) is 11.3 Å². The van der Waals surface area contributed by atoms with Crippen LogP contribution in [0.5, 0.6) is 0 Å². The molecule has 140 valence electrons. The van der Waals surface area contributed by atoms with Gasteiger partial charge in [-0.3, -0.25) is 9.78 Å². The Morgan fingerprint density at radius 2 is 1.89 bits per heavy atom. The van der Waals surface area contributed by atoms with E-state index in [0.717, 1.165) is 28.3 Å². The molecule has 0 aliphatic heterocycles. The Morgan fingerprint density at radius 1 is 1.15 bits per heavy atom. The maximum Gasteiger partial charge on any atom is 0.250 e. The zero-order chi connectivity index (χ0) is 19.8. The van der Waals surface area contributed by atoms with Gasteiger partial charge in [-0.15, -0.1) is 0 Å². The lowest BCUT2D eigenvalue weighted by atomic mass is 9.92. The van der Waals surface area contributed by atoms with Crippen molar-refractivity contribution < 1.29 is 4.79 Å². The number of nitrogens with two attached hydrogens (primary N) is 1. The molecule has 1 amide bonds. The first-order valence-electron chi connectivity index (χ1n) is 8.86. The number of hydrogen-bond donors (Lipinski definition) is 2. The standard InChI is InChI=1S/C21H25N5O/c1-13-6-7-14(2)17(10-13)26-19(11-18(25-26)21(3,4)5)24-16-12-23-9-8-15(16)20(22)27/h6-12,24H,1-5H3,(H2,22,27). The van der Waals surface area contributed by atoms with Gasteiger partial charge in [-0.2, -0.15) is 5.10 Å². The predicted molar refractivity (Wildman–Crippen MR) is 108 cm³/mol. The van der Waals surface area contributed by atoms with Gasteiger partial charge in [-0.1, -0.05) is 32.9 Å². The van der Waals surface area contributed by atoms with E-state index in [1.165, 1.54) is 0 Å². The molecule has 0 atom stereocenters. The van der Waals surface area contributed by atoms with Crippen LogP contribution in [0.15, 0.2) is 42.7 Å². The predicted octanol–water partition coefficient (Wildman–Crippen LogP) is 4.02. The van der Waals surface area contributed by atoms with E-state index >= 15 is 0 Å². The fraction of sp³-hybridized carbons (Fsp3) is 0.286. The first-order chi connectivity index (χ1) is 12.7. The Bertz CT molecular complexity index is 998. The Labute approximate surface area is 159 Å². The van der Waals surface area contributed by atoms with Crippen LogP contribution in [0.1, 0.15) is 48.0 Å². The number of nitrogens with one attached hydrogen (secondary N) is 1. The SMILES string of the molecule is Cc1ccc(C)c(-n2nc(C(C)(C)C)cc2Nc2cnccc2C(N)=O)c1. The maximum absolute atomic E-state index is 11.8. The molecule has 0 bridgehead atoms. The van der Waals surface area contributed by atoms with Crippen LogP contribution in [0.25, 0.3) is 5.69 Å². The van der Waals surface area contributed by atoms with Gasteiger partial charge in [0.15, 0.2) is 0 Å². The highest BCUT2D eigenvalue weighted by atomic mass is 16.1. The number of nitrogens with zero attached hydrogens (tertiary/aromatic N) is 3. The number of anilines is 2. The van der Waals surface area contributed by atoms with Crippen LogP contribution in [-0.4, -0.2) is 20.7 Å². The molecule has 0 fully saturated rings. The van der Waals surface area contributed by atoms with Crippen LogP contribution >= 0.6 is 0 Å². The monoisotopic (exact) mass is 363 g/mol. The fourth-order valence-corrected chi connectivity index (χ4v) is 2.81. The minimum absolute atomic E-state index is 0.124. The zero-order valence-corrected chi connectivity index (χ0v) is 16.4. The molecule has 2 aromatic heterocycles. The lowest BCUT2D eigenvalue weighted by Crippen LogP contribution is -2.14. The van der Waals surface area contributed by atoms with Gasteiger partial charge in [0.1, 0.15) is 5.82 Å². The van der Waals surface area contributed by atoms with Crippen molar-refractivity contribution >= 4 is 17.4 Å². The smallest absolute Gasteiger partial charge is 0.250 e. The van der Waals surface area contributed by atoms with Gasteiger partial charge < -0.3 is 11.1 Å². The summed E-state index contributed by atoms with van der Waals surface area (Å²) in [4.78, 5) is 15.9. The molecule has 0 aliphatic rings. The lowest BCUT2D eigenvalue weighted by molar-refractivity contribution is 0.100. The quantitative estimate of drug-likeness (QED) is 0.733. The summed E-state index contributed by atoms with van der Waals surface area (Å²) in [6, 6.07) is 9.85. The number of primary amides is 1. The summed E-state index contributed by atoms with van der Waals surface area (Å²) in [5.74, 6) is 0.248. The summed E-state index contributed by atoms with van der Waals surface area (Å²) in [6.45, 7) is 10.5. The number of hydrogen-bond acceptors (Lipinski definition) is 4. The maximum atomic E-state index is 11.8. The second-order valence-electron chi connectivity index (χ2n) is 7.78. The van der Waals surface area contributed by atoms with Gasteiger partial charge in [-0.25, -0.2) is 4.68 Å². The molecule has 0 saturated carbocycles. The minimum Gasteiger partial charge on any atom is -0.366 e. The molecule has 2 heterocycles. The molecule has 3 rings (SSSR count). The van der Waals surface area contributed by atoms with Crippen molar-refractivity contribution in [1.82, 2.24) is 14.8 Å². The summed E-state index contributed by atoms with van der Waals surface area (Å²) in [5.41, 5.74) is 10.5. The van der Waals surface area contributed by atoms with Crippen LogP contribution in [-0.2, 0) is 5.41 Å². The van der Waals surface area contributed by atoms with Gasteiger partial charge in [0.25, 0.3) is 5.91 Å². The van der Waals surface area contributed by atoms with Crippen LogP contribution in [0, 0.1) is 13.8 Å². The van der Waals surface area contributed by atoms with Gasteiger partial charge in [0.2, 0.25) is 0 Å². The van der Waals surface area contributed by atoms with E-state index in [1.807, 2.05) is 10.7 Å². The van der Waals surface area contributed by atoms with E-state index < -0.39 is 5.91 Å². The molecule has 0 unspecified atom stereocenters. The second kappa shape index (κ2) is 6.87. The molecule has 3 N–H and O–H groups in total. The summed E-state index contributed by atoms with van der Waals surface area (Å²) in [7, 11) is 0. The topological polar surface area (TPSA) is 85.8 Å². The van der Waals surface area contributed by atoms with Crippen molar-refractivity contribution in [2.45, 2.75) is 40.0 Å². The number of amides is 1. The Kier molecular flexibility index (Phi) is 4.74. The lowest BCUT2D eigenvalue weighted by Gasteiger charge is -2.15. The first kappa shape index (κ1) is 18.6. The van der Waals surface area contributed by atoms with E-state index in [2.05, 4.69) is 63.1 Å². The number of pyridine rings is 1. The summed E-state index contributed by atoms with van der Waals surface area (Å²) < 4.78 is 1.88. The van der Waals surface area contributed by atoms with Crippen LogP contribution in [0.2, 0.25) is 0 Å². The highest BCUT2D eigenvalue weighted by molar-refractivity contribution is 5.98. The molecule has 3 aromatic rings. The largest absolute Gasteiger partial charge is 0.366 e. The van der Waals surface area contributed by atoms with Crippen molar-refractivity contribution in [3.63, 3.8) is 0 Å². The van der Waals surface area contributed by atoms with Gasteiger partial charge in [0.05, 0.1) is 28.8 Å². The first-order valence-corrected chi connectivity index (χ1v) is 8.86. The zero-order valence-electron chi connectivity index (χ0n) is 16.4. The molecule has 0 spiro atoms. The normalized spacial score (nSPS) is 11.4. The second-order valence-corrected chi connectivity index (χ2v) is 7.78. The number of benzene rings is 1. The molecule has 27 heavy (non-hydrogen) atoms. The van der Waals surface area contributed by atoms with E-state index in [-0.39, 0.29) is 5.41 Å². The molecular formula is C21H25N5O. The van der Waals surface area contributed by atoms with Crippen molar-refractivity contribution in [2.24, 2.45) is 5.73 Å². The number of rotatable bonds is 4. The van der Waals surface area contributed by atoms with E-state index in [1.54, 1.807) is 18.5 Å². The summed E-state index contributed by atoms with van der Waals surface area (Å²) in [5, 5.41) is 8.14. The van der Waals surface area contributed by atoms with Gasteiger partial charge >= 0.3 is 0 Å². The highest BCUT2D eigenvalue weighted by Gasteiger charge is 2.22. The van der Waals surface area contributed by atoms with Crippen molar-refractivity contribution in [1.29, 1.82) is 0 Å². The summed E-state index contributed by atoms with van der Waals surface area (Å²) >= 11 is 0. The number of carbonyl (C=O) groups excluding carboxylic acids is 1. The van der Waals surface area contributed by atoms with Crippen LogP contribution < -0.4 is 11.1 Å². The van der Waals surface area contributed by atoms with E-state index in [9.17, 15) is 4.79 Å². The summed E-state index contributed by atoms with van der Waals surface area (Å²) in [6.07, 6.45) is 3.14. The van der Waals surface area contributed by atoms with Crippen molar-refractivity contribution in [3.05, 3.63) is 65.1 Å². The average Bonchev–Trinajstić information content (AvgIpc) is 3.01. The molecule has 1 aromatic carbocycles. The van der Waals surface area contributed by atoms with Crippen LogP contribution in [0.4, 0.5) is 11.5 Å². The fourth-order valence-electron chi connectivity index (χ4n) is 2.81. The number of aryl methyl sites for hydroxylation is 2. The third-order valence-electron chi connectivity index (χ3n) is 4.42. The van der Waals surface area contributed by atoms with Gasteiger partial charge in [0, 0.05) is 17.7 Å². The molecule has 0 radical (unpaired) electrons. The molecule has 6 heteroatoms. The Morgan fingerprint density at radius 3 is 2.56 bits per heavy atom. The molecular weight excluding hydrogens is 338 g/mol. The van der Waals surface area contributed by atoms with E-state index in [4.69, 9.17) is 10.8 Å². The third kappa shape index (κ3) is 3.84. The van der Waals surface area contributed by atoms with Crippen LogP contribution in [0.3, 0.4) is 0 Å². The number of aromatic nitrogens is 3. The number of carbonyl (C=O) groups is 1. The highest BCUT2D eigenvalue weighted by Crippen LogP contribution is 2.30. The Hall–Kier alpha value is -3.15. The average molecular weight is 363 g/mol. The van der Waals surface area contributed by atoms with Gasteiger partial charge in [-0.05, 0) is 37.1 Å². The molecule has 6 nitrogen and oxygen atoms in total.